The number of rotatable bonds is 6. The number of halogens is 1. The molecule has 1 fully saturated rings. The number of hydrogen-bond donors (Lipinski definition) is 2. The molecule has 0 aliphatic carbocycles. The van der Waals surface area contributed by atoms with Gasteiger partial charge < -0.3 is 15.1 Å². The van der Waals surface area contributed by atoms with Gasteiger partial charge in [-0.2, -0.15) is 0 Å². The molecule has 0 spiro atoms. The fourth-order valence-corrected chi connectivity index (χ4v) is 3.37. The van der Waals surface area contributed by atoms with Crippen LogP contribution in [0.25, 0.3) is 11.0 Å². The Kier molecular flexibility index (Phi) is 8.02. The molecule has 1 aliphatic rings. The predicted molar refractivity (Wildman–Crippen MR) is 115 cm³/mol. The maximum absolute atomic E-state index is 5.84. The molecule has 0 amide bonds. The summed E-state index contributed by atoms with van der Waals surface area (Å²) in [5, 5.41) is 7.94. The lowest BCUT2D eigenvalue weighted by atomic mass is 10.2. The smallest absolute Gasteiger partial charge is 0.191 e. The van der Waals surface area contributed by atoms with Crippen LogP contribution in [0.5, 0.6) is 0 Å². The van der Waals surface area contributed by atoms with E-state index >= 15 is 0 Å². The molecule has 5 nitrogen and oxygen atoms in total. The topological polar surface area (TPSA) is 52.8 Å². The number of aliphatic imine (C=N–C) groups is 1. The van der Waals surface area contributed by atoms with Crippen molar-refractivity contribution in [2.75, 3.05) is 26.2 Å². The molecule has 0 saturated carbocycles. The van der Waals surface area contributed by atoms with Crippen LogP contribution in [0.2, 0.25) is 0 Å². The zero-order valence-electron chi connectivity index (χ0n) is 15.1. The fraction of sp³-hybridized carbons (Fsp3) is 0.526. The number of nitrogens with one attached hydrogen (secondary N) is 2. The Morgan fingerprint density at radius 1 is 1.28 bits per heavy atom. The SMILES string of the molecule is CCNC(=NCc1cc2ccccc2o1)NCC1CCCN1CC.I. The minimum atomic E-state index is 0. The van der Waals surface area contributed by atoms with E-state index in [2.05, 4.69) is 46.5 Å². The second kappa shape index (κ2) is 10.0. The summed E-state index contributed by atoms with van der Waals surface area (Å²) in [6, 6.07) is 10.8. The molecule has 1 aromatic carbocycles. The van der Waals surface area contributed by atoms with Crippen LogP contribution in [0, 0.1) is 0 Å². The molecule has 1 saturated heterocycles. The van der Waals surface area contributed by atoms with Crippen molar-refractivity contribution in [1.29, 1.82) is 0 Å². The quantitative estimate of drug-likeness (QED) is 0.397. The molecule has 2 N–H and O–H groups in total. The van der Waals surface area contributed by atoms with Gasteiger partial charge in [-0.25, -0.2) is 4.99 Å². The summed E-state index contributed by atoms with van der Waals surface area (Å²) in [6.45, 7) is 9.01. The number of hydrogen-bond acceptors (Lipinski definition) is 3. The van der Waals surface area contributed by atoms with E-state index in [1.165, 1.54) is 19.4 Å². The molecule has 3 rings (SSSR count). The zero-order valence-corrected chi connectivity index (χ0v) is 17.5. The number of benzene rings is 1. The maximum atomic E-state index is 5.84. The normalized spacial score (nSPS) is 18.3. The molecule has 1 aromatic heterocycles. The summed E-state index contributed by atoms with van der Waals surface area (Å²) in [6.07, 6.45) is 2.57. The molecule has 0 radical (unpaired) electrons. The van der Waals surface area contributed by atoms with Gasteiger partial charge in [-0.05, 0) is 45.0 Å². The number of furan rings is 1. The Morgan fingerprint density at radius 3 is 2.88 bits per heavy atom. The zero-order chi connectivity index (χ0) is 16.8. The Labute approximate surface area is 167 Å². The van der Waals surface area contributed by atoms with Crippen molar-refractivity contribution < 1.29 is 4.42 Å². The fourth-order valence-electron chi connectivity index (χ4n) is 3.37. The maximum Gasteiger partial charge on any atom is 0.191 e. The first-order chi connectivity index (χ1) is 11.8. The molecular formula is C19H29IN4O. The van der Waals surface area contributed by atoms with Gasteiger partial charge in [0.05, 0.1) is 0 Å². The van der Waals surface area contributed by atoms with Crippen molar-refractivity contribution in [3.8, 4) is 0 Å². The lowest BCUT2D eigenvalue weighted by Crippen LogP contribution is -2.44. The van der Waals surface area contributed by atoms with Crippen LogP contribution < -0.4 is 10.6 Å². The number of guanidine groups is 1. The molecule has 1 unspecified atom stereocenters. The molecule has 0 bridgehead atoms. The lowest BCUT2D eigenvalue weighted by molar-refractivity contribution is 0.267. The standard InChI is InChI=1S/C19H28N4O.HI/c1-3-20-19(21-13-16-9-7-11-23(16)4-2)22-14-17-12-15-8-5-6-10-18(15)24-17;/h5-6,8,10,12,16H,3-4,7,9,11,13-14H2,1-2H3,(H2,20,21,22);1H. The van der Waals surface area contributed by atoms with Gasteiger partial charge in [-0.1, -0.05) is 25.1 Å². The van der Waals surface area contributed by atoms with Gasteiger partial charge in [-0.3, -0.25) is 4.90 Å². The highest BCUT2D eigenvalue weighted by atomic mass is 127. The summed E-state index contributed by atoms with van der Waals surface area (Å²) in [5.74, 6) is 1.75. The summed E-state index contributed by atoms with van der Waals surface area (Å²) >= 11 is 0. The van der Waals surface area contributed by atoms with E-state index in [4.69, 9.17) is 4.42 Å². The minimum absolute atomic E-state index is 0. The number of fused-ring (bicyclic) bond motifs is 1. The van der Waals surface area contributed by atoms with E-state index in [9.17, 15) is 0 Å². The molecular weight excluding hydrogens is 427 g/mol. The van der Waals surface area contributed by atoms with Crippen molar-refractivity contribution in [2.45, 2.75) is 39.3 Å². The van der Waals surface area contributed by atoms with Gasteiger partial charge >= 0.3 is 0 Å². The van der Waals surface area contributed by atoms with Crippen molar-refractivity contribution in [2.24, 2.45) is 4.99 Å². The summed E-state index contributed by atoms with van der Waals surface area (Å²) in [5.41, 5.74) is 0.921. The summed E-state index contributed by atoms with van der Waals surface area (Å²) < 4.78 is 5.84. The van der Waals surface area contributed by atoms with Gasteiger partial charge in [0, 0.05) is 24.5 Å². The van der Waals surface area contributed by atoms with E-state index in [1.807, 2.05) is 18.2 Å². The molecule has 138 valence electrons. The molecule has 1 aliphatic heterocycles. The van der Waals surface area contributed by atoms with Crippen LogP contribution in [0.4, 0.5) is 0 Å². The van der Waals surface area contributed by atoms with E-state index < -0.39 is 0 Å². The van der Waals surface area contributed by atoms with Gasteiger partial charge in [0.1, 0.15) is 17.9 Å². The van der Waals surface area contributed by atoms with Crippen LogP contribution in [0.15, 0.2) is 39.7 Å². The minimum Gasteiger partial charge on any atom is -0.459 e. The van der Waals surface area contributed by atoms with Crippen LogP contribution in [-0.2, 0) is 6.54 Å². The Hall–Kier alpha value is -1.28. The van der Waals surface area contributed by atoms with Crippen LogP contribution in [-0.4, -0.2) is 43.1 Å². The van der Waals surface area contributed by atoms with Gasteiger partial charge in [0.25, 0.3) is 0 Å². The average molecular weight is 456 g/mol. The number of likely N-dealkylation sites (N-methyl/N-ethyl adjacent to an activating group) is 1. The van der Waals surface area contributed by atoms with E-state index in [0.29, 0.717) is 12.6 Å². The lowest BCUT2D eigenvalue weighted by Gasteiger charge is -2.23. The summed E-state index contributed by atoms with van der Waals surface area (Å²) in [4.78, 5) is 7.21. The third-order valence-corrected chi connectivity index (χ3v) is 4.62. The third-order valence-electron chi connectivity index (χ3n) is 4.62. The van der Waals surface area contributed by atoms with Crippen LogP contribution >= 0.6 is 24.0 Å². The summed E-state index contributed by atoms with van der Waals surface area (Å²) in [7, 11) is 0. The Morgan fingerprint density at radius 2 is 2.12 bits per heavy atom. The highest BCUT2D eigenvalue weighted by Crippen LogP contribution is 2.19. The molecule has 2 heterocycles. The van der Waals surface area contributed by atoms with Gasteiger partial charge in [0.2, 0.25) is 0 Å². The number of para-hydroxylation sites is 1. The van der Waals surface area contributed by atoms with Gasteiger partial charge in [-0.15, -0.1) is 24.0 Å². The average Bonchev–Trinajstić information content (AvgIpc) is 3.22. The van der Waals surface area contributed by atoms with Crippen LogP contribution in [0.3, 0.4) is 0 Å². The molecule has 6 heteroatoms. The van der Waals surface area contributed by atoms with Crippen molar-refractivity contribution >= 4 is 40.9 Å². The van der Waals surface area contributed by atoms with Crippen molar-refractivity contribution in [1.82, 2.24) is 15.5 Å². The third kappa shape index (κ3) is 5.34. The highest BCUT2D eigenvalue weighted by molar-refractivity contribution is 14.0. The first-order valence-corrected chi connectivity index (χ1v) is 9.03. The monoisotopic (exact) mass is 456 g/mol. The Bertz CT molecular complexity index is 652. The Balaban J connectivity index is 0.00000225. The van der Waals surface area contributed by atoms with Crippen molar-refractivity contribution in [3.63, 3.8) is 0 Å². The highest BCUT2D eigenvalue weighted by Gasteiger charge is 2.22. The van der Waals surface area contributed by atoms with Crippen molar-refractivity contribution in [3.05, 3.63) is 36.1 Å². The first-order valence-electron chi connectivity index (χ1n) is 9.03. The molecule has 2 aromatic rings. The predicted octanol–water partition coefficient (Wildman–Crippen LogP) is 3.59. The first kappa shape index (κ1) is 20.0. The van der Waals surface area contributed by atoms with Crippen LogP contribution in [0.1, 0.15) is 32.4 Å². The largest absolute Gasteiger partial charge is 0.459 e. The van der Waals surface area contributed by atoms with E-state index in [0.717, 1.165) is 42.3 Å². The molecule has 25 heavy (non-hydrogen) atoms. The number of nitrogens with zero attached hydrogens (tertiary/aromatic N) is 2. The van der Waals surface area contributed by atoms with Gasteiger partial charge in [0.15, 0.2) is 5.96 Å². The second-order valence-corrected chi connectivity index (χ2v) is 6.25. The second-order valence-electron chi connectivity index (χ2n) is 6.25. The van der Waals surface area contributed by atoms with E-state index in [1.54, 1.807) is 0 Å². The number of likely N-dealkylation sites (tertiary alicyclic amines) is 1. The molecule has 1 atom stereocenters. The van der Waals surface area contributed by atoms with E-state index in [-0.39, 0.29) is 24.0 Å².